The maximum absolute atomic E-state index is 13.3. The molecule has 0 saturated heterocycles. The molecule has 0 saturated carbocycles. The van der Waals surface area contributed by atoms with Crippen molar-refractivity contribution in [3.8, 4) is 0 Å². The molecule has 0 aromatic carbocycles. The van der Waals surface area contributed by atoms with Crippen molar-refractivity contribution in [2.75, 3.05) is 20.0 Å². The van der Waals surface area contributed by atoms with Crippen LogP contribution in [0.5, 0.6) is 0 Å². The van der Waals surface area contributed by atoms with Gasteiger partial charge in [0.05, 0.1) is 7.14 Å². The fourth-order valence-corrected chi connectivity index (χ4v) is 30.4. The van der Waals surface area contributed by atoms with Gasteiger partial charge in [-0.3, -0.25) is 0 Å². The molecule has 48 heavy (non-hydrogen) atoms. The third-order valence-corrected chi connectivity index (χ3v) is 28.5. The molecule has 0 spiro atoms. The van der Waals surface area contributed by atoms with E-state index < -0.39 is 32.1 Å². The van der Waals surface area contributed by atoms with Crippen molar-refractivity contribution >= 4 is 32.1 Å². The van der Waals surface area contributed by atoms with Crippen molar-refractivity contribution in [3.63, 3.8) is 0 Å². The molecule has 1 radical (unpaired) electrons. The predicted octanol–water partition coefficient (Wildman–Crippen LogP) is 12.3. The quantitative estimate of drug-likeness (QED) is 0.181. The number of hydrogen-bond acceptors (Lipinski definition) is 4. The van der Waals surface area contributed by atoms with Crippen LogP contribution in [-0.4, -0.2) is 44.9 Å². The monoisotopic (exact) mass is 789 g/mol. The molecule has 0 aliphatic carbocycles. The van der Waals surface area contributed by atoms with Gasteiger partial charge in [0, 0.05) is 18.6 Å². The van der Waals surface area contributed by atoms with Gasteiger partial charge < -0.3 is 19.0 Å². The standard InChI is InChI=1S/3C12H27OSi.C3H9OP.V/c3*1-10(2,3)14(13,11(4,5)6)12(7,8)9;1-5(2,3)4;/h3*1-9H3;1-3H3;/q3*-1;;. The molecular formula is C39H90O4PSi3V-3. The molecule has 0 N–H and O–H groups in total. The Bertz CT molecular complexity index is 758. The molecule has 0 aromatic rings. The van der Waals surface area contributed by atoms with E-state index in [0.29, 0.717) is 0 Å². The Morgan fingerprint density at radius 1 is 0.292 bits per heavy atom. The molecule has 0 aromatic heterocycles. The topological polar surface area (TPSA) is 86.2 Å². The van der Waals surface area contributed by atoms with Crippen molar-refractivity contribution in [3.05, 3.63) is 0 Å². The molecule has 0 heterocycles. The Morgan fingerprint density at radius 3 is 0.333 bits per heavy atom. The first-order chi connectivity index (χ1) is 19.2. The van der Waals surface area contributed by atoms with Crippen LogP contribution in [0.4, 0.5) is 0 Å². The Morgan fingerprint density at radius 2 is 0.333 bits per heavy atom. The van der Waals surface area contributed by atoms with E-state index in [0.717, 1.165) is 0 Å². The van der Waals surface area contributed by atoms with Gasteiger partial charge in [0.2, 0.25) is 0 Å². The van der Waals surface area contributed by atoms with Crippen LogP contribution in [0.3, 0.4) is 0 Å². The van der Waals surface area contributed by atoms with Gasteiger partial charge in [0.1, 0.15) is 0 Å². The minimum atomic E-state index is -2.60. The first-order valence-electron chi connectivity index (χ1n) is 17.9. The zero-order valence-electron chi connectivity index (χ0n) is 38.5. The first-order valence-corrected chi connectivity index (χ1v) is 26.7. The van der Waals surface area contributed by atoms with Crippen molar-refractivity contribution < 1.29 is 37.5 Å². The van der Waals surface area contributed by atoms with Gasteiger partial charge in [-0.2, -0.15) is 0 Å². The van der Waals surface area contributed by atoms with Crippen LogP contribution in [-0.2, 0) is 23.1 Å². The van der Waals surface area contributed by atoms with Crippen molar-refractivity contribution in [1.29, 1.82) is 0 Å². The fraction of sp³-hybridized carbons (Fsp3) is 1.00. The Balaban J connectivity index is -0.000000178. The van der Waals surface area contributed by atoms with Crippen LogP contribution in [0.25, 0.3) is 0 Å². The van der Waals surface area contributed by atoms with E-state index in [1.54, 1.807) is 20.0 Å². The van der Waals surface area contributed by atoms with Gasteiger partial charge in [-0.05, 0) is 44.9 Å². The zero-order chi connectivity index (χ0) is 40.5. The van der Waals surface area contributed by atoms with Gasteiger partial charge >= 0.3 is 0 Å². The van der Waals surface area contributed by atoms with E-state index in [9.17, 15) is 19.0 Å². The minimum Gasteiger partial charge on any atom is -0.857 e. The van der Waals surface area contributed by atoms with Crippen LogP contribution in [0.15, 0.2) is 0 Å². The van der Waals surface area contributed by atoms with E-state index in [2.05, 4.69) is 187 Å². The Labute approximate surface area is 320 Å². The molecule has 0 unspecified atom stereocenters. The number of rotatable bonds is 0. The SMILES string of the molecule is CC(C)(C)[Si]([O-])(C(C)(C)C)C(C)(C)C.CC(C)(C)[Si]([O-])(C(C)(C)C)C(C)(C)C.CC(C)(C)[Si]([O-])(C(C)(C)C)C(C)(C)C.CP(C)(C)=O.[V]. The van der Waals surface area contributed by atoms with Gasteiger partial charge in [-0.15, -0.1) is 0 Å². The van der Waals surface area contributed by atoms with E-state index >= 15 is 0 Å². The molecular weight excluding hydrogens is 699 g/mol. The molecule has 0 atom stereocenters. The molecule has 4 nitrogen and oxygen atoms in total. The van der Waals surface area contributed by atoms with Gasteiger partial charge in [-0.1, -0.05) is 232 Å². The van der Waals surface area contributed by atoms with Crippen LogP contribution >= 0.6 is 7.14 Å². The second-order valence-corrected chi connectivity index (χ2v) is 45.5. The van der Waals surface area contributed by atoms with Crippen molar-refractivity contribution in [2.24, 2.45) is 0 Å². The summed E-state index contributed by atoms with van der Waals surface area (Å²) in [5, 5.41) is -0.844. The summed E-state index contributed by atoms with van der Waals surface area (Å²) in [7, 11) is -9.45. The van der Waals surface area contributed by atoms with Crippen LogP contribution in [0.1, 0.15) is 187 Å². The molecule has 0 fully saturated rings. The summed E-state index contributed by atoms with van der Waals surface area (Å²) in [4.78, 5) is 39.9. The molecule has 0 amide bonds. The maximum atomic E-state index is 13.3. The molecule has 0 bridgehead atoms. The second-order valence-electron chi connectivity index (χ2n) is 24.2. The van der Waals surface area contributed by atoms with E-state index in [1.807, 2.05) is 0 Å². The van der Waals surface area contributed by atoms with E-state index in [4.69, 9.17) is 0 Å². The third-order valence-electron chi connectivity index (χ3n) is 9.51. The predicted molar refractivity (Wildman–Crippen MR) is 220 cm³/mol. The average Bonchev–Trinajstić information content (AvgIpc) is 2.64. The summed E-state index contributed by atoms with van der Waals surface area (Å²) in [5.41, 5.74) is 0. The van der Waals surface area contributed by atoms with E-state index in [-0.39, 0.29) is 63.9 Å². The summed E-state index contributed by atoms with van der Waals surface area (Å²) in [6.07, 6.45) is 0. The largest absolute Gasteiger partial charge is 0.857 e. The summed E-state index contributed by atoms with van der Waals surface area (Å²) < 4.78 is 10.2. The Hall–Kier alpha value is 1.35. The third kappa shape index (κ3) is 15.0. The molecule has 0 aliphatic heterocycles. The normalized spacial score (nSPS) is 15.1. The van der Waals surface area contributed by atoms with Gasteiger partial charge in [0.25, 0.3) is 0 Å². The van der Waals surface area contributed by atoms with Crippen molar-refractivity contribution in [2.45, 2.75) is 232 Å². The number of hydrogen-bond donors (Lipinski definition) is 0. The smallest absolute Gasteiger partial charge is 0.0790 e. The average molecular weight is 789 g/mol. The van der Waals surface area contributed by atoms with Crippen LogP contribution in [0, 0.1) is 0 Å². The van der Waals surface area contributed by atoms with Gasteiger partial charge in [0.15, 0.2) is 0 Å². The minimum absolute atomic E-state index is 0. The fourth-order valence-electron chi connectivity index (χ4n) is 10.1. The molecule has 0 rings (SSSR count). The summed E-state index contributed by atoms with van der Waals surface area (Å²) in [5.74, 6) is 0. The second kappa shape index (κ2) is 17.2. The summed E-state index contributed by atoms with van der Waals surface area (Å²) >= 11 is 0. The zero-order valence-corrected chi connectivity index (χ0v) is 43.8. The molecule has 295 valence electrons. The van der Waals surface area contributed by atoms with Gasteiger partial charge in [-0.25, -0.2) is 0 Å². The van der Waals surface area contributed by atoms with E-state index in [1.165, 1.54) is 0 Å². The first kappa shape index (κ1) is 58.6. The molecule has 0 aliphatic rings. The van der Waals surface area contributed by atoms with Crippen LogP contribution < -0.4 is 14.4 Å². The molecule has 9 heteroatoms. The Kier molecular flexibility index (Phi) is 21.0. The maximum Gasteiger partial charge on any atom is 0.0790 e. The van der Waals surface area contributed by atoms with Crippen molar-refractivity contribution in [1.82, 2.24) is 0 Å². The summed E-state index contributed by atoms with van der Waals surface area (Å²) in [6.45, 7) is 62.3. The van der Waals surface area contributed by atoms with Crippen LogP contribution in [0.2, 0.25) is 45.3 Å². The summed E-state index contributed by atoms with van der Waals surface area (Å²) in [6, 6.07) is 0.